The van der Waals surface area contributed by atoms with Crippen molar-refractivity contribution in [3.63, 3.8) is 0 Å². The van der Waals surface area contributed by atoms with Crippen LogP contribution in [-0.4, -0.2) is 32.5 Å². The summed E-state index contributed by atoms with van der Waals surface area (Å²) in [7, 11) is 0. The van der Waals surface area contributed by atoms with Gasteiger partial charge >= 0.3 is 0 Å². The minimum absolute atomic E-state index is 0.0935. The van der Waals surface area contributed by atoms with Crippen LogP contribution in [0.5, 0.6) is 0 Å². The summed E-state index contributed by atoms with van der Waals surface area (Å²) in [5.41, 5.74) is 1.71. The van der Waals surface area contributed by atoms with Crippen LogP contribution in [0.1, 0.15) is 19.0 Å². The molecule has 1 aromatic carbocycles. The molecular weight excluding hydrogens is 244 g/mol. The Labute approximate surface area is 111 Å². The highest BCUT2D eigenvalue weighted by Gasteiger charge is 2.11. The van der Waals surface area contributed by atoms with Crippen molar-refractivity contribution in [1.29, 1.82) is 0 Å². The lowest BCUT2D eigenvalue weighted by molar-refractivity contribution is 0.184. The van der Waals surface area contributed by atoms with E-state index in [1.54, 1.807) is 11.5 Å². The van der Waals surface area contributed by atoms with Gasteiger partial charge < -0.3 is 14.8 Å². The highest BCUT2D eigenvalue weighted by molar-refractivity contribution is 5.74. The van der Waals surface area contributed by atoms with E-state index in [4.69, 9.17) is 5.11 Å². The van der Waals surface area contributed by atoms with Crippen molar-refractivity contribution in [1.82, 2.24) is 9.55 Å². The molecule has 0 radical (unpaired) electrons. The van der Waals surface area contributed by atoms with Gasteiger partial charge in [0.1, 0.15) is 5.69 Å². The first-order valence-corrected chi connectivity index (χ1v) is 6.41. The van der Waals surface area contributed by atoms with E-state index in [1.807, 2.05) is 24.3 Å². The van der Waals surface area contributed by atoms with Crippen LogP contribution in [-0.2, 0) is 13.0 Å². The monoisotopic (exact) mass is 262 g/mol. The zero-order valence-electron chi connectivity index (χ0n) is 10.9. The number of aryl methyl sites for hydroxylation is 1. The Morgan fingerprint density at radius 1 is 1.37 bits per heavy atom. The summed E-state index contributed by atoms with van der Waals surface area (Å²) in [6, 6.07) is 7.36. The van der Waals surface area contributed by atoms with Crippen LogP contribution in [0.25, 0.3) is 11.0 Å². The third-order valence-electron chi connectivity index (χ3n) is 3.04. The summed E-state index contributed by atoms with van der Waals surface area (Å²) >= 11 is 0. The van der Waals surface area contributed by atoms with Gasteiger partial charge in [0.05, 0.1) is 23.7 Å². The van der Waals surface area contributed by atoms with Crippen molar-refractivity contribution in [3.05, 3.63) is 40.3 Å². The molecule has 2 N–H and O–H groups in total. The molecule has 0 aliphatic rings. The minimum Gasteiger partial charge on any atom is -0.395 e. The summed E-state index contributed by atoms with van der Waals surface area (Å²) in [5, 5.41) is 18.4. The Bertz CT molecular complexity index is 620. The number of benzene rings is 1. The second-order valence-corrected chi connectivity index (χ2v) is 4.62. The van der Waals surface area contributed by atoms with Crippen LogP contribution in [0.15, 0.2) is 29.1 Å². The van der Waals surface area contributed by atoms with Crippen LogP contribution in [0, 0.1) is 0 Å². The molecule has 5 heteroatoms. The molecule has 5 nitrogen and oxygen atoms in total. The van der Waals surface area contributed by atoms with E-state index in [1.165, 1.54) is 0 Å². The van der Waals surface area contributed by atoms with Gasteiger partial charge in [-0.2, -0.15) is 0 Å². The predicted molar refractivity (Wildman–Crippen MR) is 73.1 cm³/mol. The molecule has 0 spiro atoms. The van der Waals surface area contributed by atoms with Gasteiger partial charge in [0, 0.05) is 6.54 Å². The maximum Gasteiger partial charge on any atom is 0.272 e. The third kappa shape index (κ3) is 3.00. The Hall–Kier alpha value is -1.72. The normalized spacial score (nSPS) is 12.8. The van der Waals surface area contributed by atoms with E-state index in [0.717, 1.165) is 11.0 Å². The molecule has 0 aliphatic heterocycles. The number of aliphatic hydroxyl groups is 2. The second-order valence-electron chi connectivity index (χ2n) is 4.62. The van der Waals surface area contributed by atoms with E-state index in [0.29, 0.717) is 18.5 Å². The van der Waals surface area contributed by atoms with E-state index >= 15 is 0 Å². The molecule has 0 bridgehead atoms. The summed E-state index contributed by atoms with van der Waals surface area (Å²) in [4.78, 5) is 16.7. The van der Waals surface area contributed by atoms with E-state index in [9.17, 15) is 9.90 Å². The van der Waals surface area contributed by atoms with Crippen LogP contribution < -0.4 is 5.56 Å². The van der Waals surface area contributed by atoms with Gasteiger partial charge in [-0.1, -0.05) is 12.1 Å². The summed E-state index contributed by atoms with van der Waals surface area (Å²) in [6.45, 7) is 1.85. The largest absolute Gasteiger partial charge is 0.395 e. The first kappa shape index (κ1) is 13.7. The molecule has 19 heavy (non-hydrogen) atoms. The molecule has 102 valence electrons. The molecule has 1 unspecified atom stereocenters. The molecule has 2 rings (SSSR count). The number of fused-ring (bicyclic) bond motifs is 1. The van der Waals surface area contributed by atoms with Gasteiger partial charge in [0.25, 0.3) is 5.56 Å². The summed E-state index contributed by atoms with van der Waals surface area (Å²) in [5.74, 6) is 0. The smallest absolute Gasteiger partial charge is 0.272 e. The van der Waals surface area contributed by atoms with Crippen molar-refractivity contribution in [2.45, 2.75) is 32.4 Å². The number of para-hydroxylation sites is 2. The van der Waals surface area contributed by atoms with Crippen molar-refractivity contribution in [3.8, 4) is 0 Å². The molecule has 0 fully saturated rings. The van der Waals surface area contributed by atoms with Crippen LogP contribution in [0.2, 0.25) is 0 Å². The van der Waals surface area contributed by atoms with Gasteiger partial charge in [0.15, 0.2) is 0 Å². The lowest BCUT2D eigenvalue weighted by Crippen LogP contribution is -2.27. The Morgan fingerprint density at radius 2 is 2.11 bits per heavy atom. The van der Waals surface area contributed by atoms with Gasteiger partial charge in [0.2, 0.25) is 0 Å². The van der Waals surface area contributed by atoms with Crippen molar-refractivity contribution < 1.29 is 10.2 Å². The van der Waals surface area contributed by atoms with E-state index in [-0.39, 0.29) is 18.7 Å². The van der Waals surface area contributed by atoms with Crippen LogP contribution >= 0.6 is 0 Å². The fraction of sp³-hybridized carbons (Fsp3) is 0.429. The van der Waals surface area contributed by atoms with Gasteiger partial charge in [-0.3, -0.25) is 4.79 Å². The number of hydrogen-bond acceptors (Lipinski definition) is 4. The SMILES string of the molecule is CC(O)CCc1nc2ccccc2n(CCO)c1=O. The number of hydrogen-bond donors (Lipinski definition) is 2. The van der Waals surface area contributed by atoms with Crippen LogP contribution in [0.3, 0.4) is 0 Å². The fourth-order valence-corrected chi connectivity index (χ4v) is 2.08. The molecule has 0 aliphatic carbocycles. The highest BCUT2D eigenvalue weighted by Crippen LogP contribution is 2.11. The lowest BCUT2D eigenvalue weighted by Gasteiger charge is -2.11. The fourth-order valence-electron chi connectivity index (χ4n) is 2.08. The Morgan fingerprint density at radius 3 is 2.79 bits per heavy atom. The number of nitrogens with zero attached hydrogens (tertiary/aromatic N) is 2. The van der Waals surface area contributed by atoms with Gasteiger partial charge in [-0.05, 0) is 31.9 Å². The van der Waals surface area contributed by atoms with E-state index < -0.39 is 6.10 Å². The summed E-state index contributed by atoms with van der Waals surface area (Å²) in [6.07, 6.45) is 0.478. The average molecular weight is 262 g/mol. The molecule has 1 aromatic heterocycles. The highest BCUT2D eigenvalue weighted by atomic mass is 16.3. The van der Waals surface area contributed by atoms with Crippen molar-refractivity contribution >= 4 is 11.0 Å². The molecular formula is C14H18N2O3. The number of aromatic nitrogens is 2. The number of rotatable bonds is 5. The maximum atomic E-state index is 12.3. The molecule has 0 saturated heterocycles. The van der Waals surface area contributed by atoms with Crippen molar-refractivity contribution in [2.75, 3.05) is 6.61 Å². The van der Waals surface area contributed by atoms with Gasteiger partial charge in [-0.15, -0.1) is 0 Å². The Kier molecular flexibility index (Phi) is 4.29. The quantitative estimate of drug-likeness (QED) is 0.832. The third-order valence-corrected chi connectivity index (χ3v) is 3.04. The minimum atomic E-state index is -0.459. The molecule has 0 amide bonds. The first-order valence-electron chi connectivity index (χ1n) is 6.41. The number of aliphatic hydroxyl groups excluding tert-OH is 2. The first-order chi connectivity index (χ1) is 9.13. The maximum absolute atomic E-state index is 12.3. The van der Waals surface area contributed by atoms with Crippen molar-refractivity contribution in [2.24, 2.45) is 0 Å². The zero-order valence-corrected chi connectivity index (χ0v) is 10.9. The molecule has 2 aromatic rings. The topological polar surface area (TPSA) is 75.3 Å². The van der Waals surface area contributed by atoms with Crippen LogP contribution in [0.4, 0.5) is 0 Å². The molecule has 1 heterocycles. The zero-order chi connectivity index (χ0) is 13.8. The Balaban J connectivity index is 2.53. The van der Waals surface area contributed by atoms with Gasteiger partial charge in [-0.25, -0.2) is 4.98 Å². The predicted octanol–water partition coefficient (Wildman–Crippen LogP) is 0.702. The van der Waals surface area contributed by atoms with E-state index in [2.05, 4.69) is 4.98 Å². The molecule has 0 saturated carbocycles. The summed E-state index contributed by atoms with van der Waals surface area (Å²) < 4.78 is 1.54. The standard InChI is InChI=1S/C14H18N2O3/c1-10(18)6-7-12-14(19)16(8-9-17)13-5-3-2-4-11(13)15-12/h2-5,10,17-18H,6-9H2,1H3. The average Bonchev–Trinajstić information content (AvgIpc) is 2.40. The lowest BCUT2D eigenvalue weighted by atomic mass is 10.1. The molecule has 1 atom stereocenters. The second kappa shape index (κ2) is 5.95.